The van der Waals surface area contributed by atoms with Crippen molar-refractivity contribution < 1.29 is 14.3 Å². The average Bonchev–Trinajstić information content (AvgIpc) is 2.81. The lowest BCUT2D eigenvalue weighted by Gasteiger charge is -2.22. The van der Waals surface area contributed by atoms with Crippen molar-refractivity contribution in [3.05, 3.63) is 28.4 Å². The standard InChI is InChI=1S/C10H9NO3S/c1-13-9-7(10-11-3-5-15-10)2-4-14-8(9)6-12/h2-3,5,9H,4H2,1H3. The minimum Gasteiger partial charge on any atom is -0.480 e. The van der Waals surface area contributed by atoms with Crippen molar-refractivity contribution in [1.29, 1.82) is 0 Å². The molecule has 1 aromatic heterocycles. The zero-order valence-electron chi connectivity index (χ0n) is 8.10. The zero-order chi connectivity index (χ0) is 10.7. The highest BCUT2D eigenvalue weighted by molar-refractivity contribution is 7.10. The molecule has 0 radical (unpaired) electrons. The highest BCUT2D eigenvalue weighted by Crippen LogP contribution is 2.29. The summed E-state index contributed by atoms with van der Waals surface area (Å²) in [4.78, 5) is 14.8. The van der Waals surface area contributed by atoms with Gasteiger partial charge in [0.05, 0.1) is 0 Å². The van der Waals surface area contributed by atoms with Gasteiger partial charge in [-0.05, 0) is 6.08 Å². The molecule has 1 aliphatic rings. The lowest BCUT2D eigenvalue weighted by molar-refractivity contribution is 0.0994. The molecule has 2 rings (SSSR count). The summed E-state index contributed by atoms with van der Waals surface area (Å²) in [6.45, 7) is 0.360. The predicted molar refractivity (Wildman–Crippen MR) is 56.0 cm³/mol. The smallest absolute Gasteiger partial charge is 0.213 e. The Morgan fingerprint density at radius 3 is 3.20 bits per heavy atom. The summed E-state index contributed by atoms with van der Waals surface area (Å²) in [5.41, 5.74) is 0.872. The van der Waals surface area contributed by atoms with E-state index in [1.54, 1.807) is 12.1 Å². The summed E-state index contributed by atoms with van der Waals surface area (Å²) < 4.78 is 10.3. The van der Waals surface area contributed by atoms with Gasteiger partial charge in [-0.1, -0.05) is 0 Å². The third-order valence-corrected chi connectivity index (χ3v) is 2.90. The van der Waals surface area contributed by atoms with Crippen LogP contribution in [0.3, 0.4) is 0 Å². The van der Waals surface area contributed by atoms with E-state index in [0.29, 0.717) is 6.61 Å². The Kier molecular flexibility index (Phi) is 2.97. The van der Waals surface area contributed by atoms with Gasteiger partial charge in [-0.15, -0.1) is 11.3 Å². The highest BCUT2D eigenvalue weighted by atomic mass is 32.1. The maximum Gasteiger partial charge on any atom is 0.213 e. The van der Waals surface area contributed by atoms with E-state index in [2.05, 4.69) is 4.98 Å². The van der Waals surface area contributed by atoms with Crippen LogP contribution in [0.15, 0.2) is 23.4 Å². The van der Waals surface area contributed by atoms with Crippen molar-refractivity contribution in [3.63, 3.8) is 0 Å². The Morgan fingerprint density at radius 2 is 2.60 bits per heavy atom. The summed E-state index contributed by atoms with van der Waals surface area (Å²) in [7, 11) is 1.53. The molecule has 1 unspecified atom stereocenters. The van der Waals surface area contributed by atoms with Gasteiger partial charge in [-0.2, -0.15) is 0 Å². The molecule has 0 aromatic carbocycles. The molecule has 0 saturated heterocycles. The minimum atomic E-state index is -0.484. The minimum absolute atomic E-state index is 0.185. The molecule has 0 N–H and O–H groups in total. The first-order valence-corrected chi connectivity index (χ1v) is 5.25. The maximum absolute atomic E-state index is 10.6. The Hall–Kier alpha value is -1.42. The van der Waals surface area contributed by atoms with Crippen LogP contribution in [0.1, 0.15) is 5.01 Å². The van der Waals surface area contributed by atoms with Gasteiger partial charge in [0.1, 0.15) is 11.6 Å². The molecule has 1 aromatic rings. The molecule has 78 valence electrons. The number of hydrogen-bond acceptors (Lipinski definition) is 5. The monoisotopic (exact) mass is 223 g/mol. The van der Waals surface area contributed by atoms with Gasteiger partial charge < -0.3 is 9.47 Å². The number of aromatic nitrogens is 1. The normalized spacial score (nSPS) is 20.5. The van der Waals surface area contributed by atoms with Gasteiger partial charge >= 0.3 is 0 Å². The predicted octanol–water partition coefficient (Wildman–Crippen LogP) is 1.29. The molecule has 1 atom stereocenters. The first kappa shape index (κ1) is 10.1. The number of carbonyl (C=O) groups excluding carboxylic acids is 1. The van der Waals surface area contributed by atoms with E-state index in [1.807, 2.05) is 11.5 Å². The third kappa shape index (κ3) is 1.85. The number of rotatable bonds is 2. The Labute approximate surface area is 90.8 Å². The van der Waals surface area contributed by atoms with E-state index in [-0.39, 0.29) is 5.76 Å². The quantitative estimate of drug-likeness (QED) is 0.709. The number of hydrogen-bond donors (Lipinski definition) is 0. The summed E-state index contributed by atoms with van der Waals surface area (Å²) in [5.74, 6) is 1.94. The number of nitrogens with zero attached hydrogens (tertiary/aromatic N) is 1. The summed E-state index contributed by atoms with van der Waals surface area (Å²) in [5, 5.41) is 2.72. The molecule has 0 amide bonds. The van der Waals surface area contributed by atoms with Crippen LogP contribution >= 0.6 is 11.3 Å². The Morgan fingerprint density at radius 1 is 1.73 bits per heavy atom. The second-order valence-corrected chi connectivity index (χ2v) is 3.78. The lowest BCUT2D eigenvalue weighted by atomic mass is 10.1. The fourth-order valence-electron chi connectivity index (χ4n) is 1.43. The van der Waals surface area contributed by atoms with Crippen LogP contribution in [0.5, 0.6) is 0 Å². The van der Waals surface area contributed by atoms with Gasteiger partial charge in [-0.25, -0.2) is 9.78 Å². The van der Waals surface area contributed by atoms with Crippen molar-refractivity contribution >= 4 is 22.9 Å². The van der Waals surface area contributed by atoms with E-state index in [1.165, 1.54) is 18.4 Å². The largest absolute Gasteiger partial charge is 0.480 e. The van der Waals surface area contributed by atoms with Crippen LogP contribution in [0.25, 0.3) is 5.57 Å². The lowest BCUT2D eigenvalue weighted by Crippen LogP contribution is -2.23. The van der Waals surface area contributed by atoms with Crippen LogP contribution in [0.2, 0.25) is 0 Å². The van der Waals surface area contributed by atoms with E-state index < -0.39 is 6.10 Å². The number of ether oxygens (including phenoxy) is 2. The van der Waals surface area contributed by atoms with Crippen molar-refractivity contribution in [2.45, 2.75) is 6.10 Å². The molecule has 0 bridgehead atoms. The Balaban J connectivity index is 2.38. The second-order valence-electron chi connectivity index (χ2n) is 2.89. The average molecular weight is 223 g/mol. The van der Waals surface area contributed by atoms with Gasteiger partial charge in [0.15, 0.2) is 12.0 Å². The molecule has 15 heavy (non-hydrogen) atoms. The first-order chi connectivity index (χ1) is 7.36. The summed E-state index contributed by atoms with van der Waals surface area (Å²) in [6.07, 6.45) is 3.10. The van der Waals surface area contributed by atoms with Gasteiger partial charge in [0.2, 0.25) is 5.76 Å². The van der Waals surface area contributed by atoms with E-state index in [9.17, 15) is 4.79 Å². The summed E-state index contributed by atoms with van der Waals surface area (Å²) in [6, 6.07) is 0. The zero-order valence-corrected chi connectivity index (χ0v) is 8.91. The summed E-state index contributed by atoms with van der Waals surface area (Å²) >= 11 is 1.50. The molecular weight excluding hydrogens is 214 g/mol. The van der Waals surface area contributed by atoms with E-state index in [0.717, 1.165) is 10.6 Å². The SMILES string of the molecule is COC1C(=C=O)OCC=C1c1nccs1. The van der Waals surface area contributed by atoms with Gasteiger partial charge in [0.25, 0.3) is 0 Å². The molecule has 2 heterocycles. The molecular formula is C10H9NO3S. The molecule has 0 fully saturated rings. The molecule has 1 aliphatic heterocycles. The first-order valence-electron chi connectivity index (χ1n) is 4.37. The van der Waals surface area contributed by atoms with Crippen molar-refractivity contribution in [1.82, 2.24) is 4.98 Å². The fraction of sp³-hybridized carbons (Fsp3) is 0.300. The van der Waals surface area contributed by atoms with Crippen molar-refractivity contribution in [3.8, 4) is 0 Å². The number of thiazole rings is 1. The maximum atomic E-state index is 10.6. The van der Waals surface area contributed by atoms with Crippen LogP contribution in [0.4, 0.5) is 0 Å². The van der Waals surface area contributed by atoms with Crippen molar-refractivity contribution in [2.75, 3.05) is 13.7 Å². The molecule has 0 saturated carbocycles. The molecule has 4 nitrogen and oxygen atoms in total. The van der Waals surface area contributed by atoms with Crippen molar-refractivity contribution in [2.24, 2.45) is 0 Å². The fourth-order valence-corrected chi connectivity index (χ4v) is 2.13. The van der Waals surface area contributed by atoms with Gasteiger partial charge in [0, 0.05) is 24.3 Å². The van der Waals surface area contributed by atoms with Crippen LogP contribution in [-0.4, -0.2) is 30.7 Å². The highest BCUT2D eigenvalue weighted by Gasteiger charge is 2.27. The van der Waals surface area contributed by atoms with Gasteiger partial charge in [-0.3, -0.25) is 0 Å². The van der Waals surface area contributed by atoms with Crippen LogP contribution < -0.4 is 0 Å². The molecule has 5 heteroatoms. The van der Waals surface area contributed by atoms with E-state index >= 15 is 0 Å². The topological polar surface area (TPSA) is 48.4 Å². The van der Waals surface area contributed by atoms with E-state index in [4.69, 9.17) is 9.47 Å². The Bertz CT molecular complexity index is 418. The third-order valence-electron chi connectivity index (χ3n) is 2.08. The second kappa shape index (κ2) is 4.40. The molecule has 0 spiro atoms. The number of methoxy groups -OCH3 is 1. The molecule has 0 aliphatic carbocycles. The van der Waals surface area contributed by atoms with Crippen LogP contribution in [-0.2, 0) is 14.3 Å². The van der Waals surface area contributed by atoms with Crippen LogP contribution in [0, 0.1) is 0 Å².